The summed E-state index contributed by atoms with van der Waals surface area (Å²) in [7, 11) is 0. The molecule has 4 atom stereocenters. The van der Waals surface area contributed by atoms with Crippen molar-refractivity contribution >= 4 is 0 Å². The van der Waals surface area contributed by atoms with E-state index in [4.69, 9.17) is 5.73 Å². The van der Waals surface area contributed by atoms with Crippen LogP contribution < -0.4 is 5.73 Å². The third kappa shape index (κ3) is 0.658. The van der Waals surface area contributed by atoms with Gasteiger partial charge < -0.3 is 5.73 Å². The molecule has 0 aliphatic heterocycles. The van der Waals surface area contributed by atoms with Crippen molar-refractivity contribution in [3.63, 3.8) is 0 Å². The number of hydrogen-bond donors (Lipinski definition) is 1. The van der Waals surface area contributed by atoms with Crippen molar-refractivity contribution in [2.45, 2.75) is 32.1 Å². The second-order valence-electron chi connectivity index (χ2n) is 4.95. The van der Waals surface area contributed by atoms with E-state index in [9.17, 15) is 0 Å². The Morgan fingerprint density at radius 2 is 2.18 bits per heavy atom. The Morgan fingerprint density at radius 1 is 1.27 bits per heavy atom. The van der Waals surface area contributed by atoms with E-state index in [0.29, 0.717) is 0 Å². The van der Waals surface area contributed by atoms with Crippen LogP contribution in [0.25, 0.3) is 0 Å². The Kier molecular flexibility index (Phi) is 1.07. The van der Waals surface area contributed by atoms with Crippen molar-refractivity contribution in [2.75, 3.05) is 6.54 Å². The molecule has 0 saturated heterocycles. The highest BCUT2D eigenvalue weighted by molar-refractivity contribution is 5.13. The van der Waals surface area contributed by atoms with Crippen LogP contribution in [0.1, 0.15) is 32.1 Å². The molecule has 11 heavy (non-hydrogen) atoms. The molecule has 3 saturated carbocycles. The summed E-state index contributed by atoms with van der Waals surface area (Å²) < 4.78 is 0. The van der Waals surface area contributed by atoms with Gasteiger partial charge in [-0.1, -0.05) is 6.42 Å². The Labute approximate surface area is 68.3 Å². The second-order valence-corrected chi connectivity index (χ2v) is 4.95. The highest BCUT2D eigenvalue weighted by Crippen LogP contribution is 2.71. The first-order valence-electron chi connectivity index (χ1n) is 5.05. The average molecular weight is 151 g/mol. The zero-order valence-electron chi connectivity index (χ0n) is 7.05. The molecule has 1 heteroatoms. The number of hydrogen-bond acceptors (Lipinski definition) is 1. The standard InChI is InChI=1S/C10H17N/c11-6-9-5-10(9)4-7-1-2-8(10)3-7/h7-9H,1-6,11H2. The van der Waals surface area contributed by atoms with Gasteiger partial charge in [-0.2, -0.15) is 0 Å². The lowest BCUT2D eigenvalue weighted by Crippen LogP contribution is -2.17. The zero-order valence-corrected chi connectivity index (χ0v) is 7.05. The average Bonchev–Trinajstić information content (AvgIpc) is 2.45. The van der Waals surface area contributed by atoms with Crippen molar-refractivity contribution < 1.29 is 0 Å². The van der Waals surface area contributed by atoms with Crippen LogP contribution >= 0.6 is 0 Å². The molecule has 3 rings (SSSR count). The van der Waals surface area contributed by atoms with E-state index in [1.165, 1.54) is 19.3 Å². The molecule has 0 heterocycles. The van der Waals surface area contributed by atoms with Gasteiger partial charge in [0.2, 0.25) is 0 Å². The highest BCUT2D eigenvalue weighted by Gasteiger charge is 2.63. The minimum absolute atomic E-state index is 0.803. The van der Waals surface area contributed by atoms with Crippen LogP contribution in [0.3, 0.4) is 0 Å². The van der Waals surface area contributed by atoms with Gasteiger partial charge in [-0.3, -0.25) is 0 Å². The van der Waals surface area contributed by atoms with Crippen LogP contribution in [0.4, 0.5) is 0 Å². The van der Waals surface area contributed by atoms with Crippen LogP contribution in [0.5, 0.6) is 0 Å². The molecule has 3 fully saturated rings. The normalized spacial score (nSPS) is 59.2. The van der Waals surface area contributed by atoms with Gasteiger partial charge in [-0.15, -0.1) is 0 Å². The molecule has 0 aromatic carbocycles. The fourth-order valence-electron chi connectivity index (χ4n) is 3.95. The van der Waals surface area contributed by atoms with E-state index in [1.54, 1.807) is 12.8 Å². The van der Waals surface area contributed by atoms with E-state index >= 15 is 0 Å². The lowest BCUT2D eigenvalue weighted by atomic mass is 9.84. The molecule has 3 aliphatic rings. The predicted octanol–water partition coefficient (Wildman–Crippen LogP) is 1.77. The van der Waals surface area contributed by atoms with Crippen molar-refractivity contribution in [3.8, 4) is 0 Å². The summed E-state index contributed by atoms with van der Waals surface area (Å²) in [5.74, 6) is 3.13. The van der Waals surface area contributed by atoms with E-state index < -0.39 is 0 Å². The van der Waals surface area contributed by atoms with Crippen molar-refractivity contribution in [2.24, 2.45) is 28.9 Å². The third-order valence-electron chi connectivity index (χ3n) is 4.59. The minimum Gasteiger partial charge on any atom is -0.330 e. The van der Waals surface area contributed by atoms with Crippen LogP contribution in [0.2, 0.25) is 0 Å². The number of nitrogens with two attached hydrogens (primary N) is 1. The smallest absolute Gasteiger partial charge is 0.00432 e. The fraction of sp³-hybridized carbons (Fsp3) is 1.00. The van der Waals surface area contributed by atoms with Gasteiger partial charge in [-0.25, -0.2) is 0 Å². The Balaban J connectivity index is 1.82. The van der Waals surface area contributed by atoms with E-state index in [2.05, 4.69) is 0 Å². The van der Waals surface area contributed by atoms with Crippen LogP contribution in [-0.2, 0) is 0 Å². The predicted molar refractivity (Wildman–Crippen MR) is 45.0 cm³/mol. The summed E-state index contributed by atoms with van der Waals surface area (Å²) >= 11 is 0. The molecule has 0 aromatic heterocycles. The van der Waals surface area contributed by atoms with Crippen molar-refractivity contribution in [3.05, 3.63) is 0 Å². The molecule has 2 bridgehead atoms. The Bertz CT molecular complexity index is 189. The van der Waals surface area contributed by atoms with Crippen molar-refractivity contribution in [1.29, 1.82) is 0 Å². The maximum atomic E-state index is 5.72. The topological polar surface area (TPSA) is 26.0 Å². The molecule has 0 amide bonds. The summed E-state index contributed by atoms with van der Waals surface area (Å²) in [6.45, 7) is 0.962. The molecule has 1 spiro atoms. The van der Waals surface area contributed by atoms with E-state index in [0.717, 1.165) is 29.7 Å². The molecule has 3 aliphatic carbocycles. The zero-order chi connectivity index (χ0) is 7.47. The second kappa shape index (κ2) is 1.82. The molecule has 0 aromatic rings. The first kappa shape index (κ1) is 6.47. The Hall–Kier alpha value is -0.0400. The summed E-state index contributed by atoms with van der Waals surface area (Å²) in [6, 6.07) is 0. The van der Waals surface area contributed by atoms with Gasteiger partial charge in [0.1, 0.15) is 0 Å². The summed E-state index contributed by atoms with van der Waals surface area (Å²) in [5.41, 5.74) is 6.52. The number of fused-ring (bicyclic) bond motifs is 3. The molecule has 4 unspecified atom stereocenters. The largest absolute Gasteiger partial charge is 0.330 e. The first-order valence-corrected chi connectivity index (χ1v) is 5.05. The number of rotatable bonds is 1. The van der Waals surface area contributed by atoms with Gasteiger partial charge in [-0.05, 0) is 55.4 Å². The third-order valence-corrected chi connectivity index (χ3v) is 4.59. The molecule has 0 radical (unpaired) electrons. The summed E-state index contributed by atoms with van der Waals surface area (Å²) in [4.78, 5) is 0. The van der Waals surface area contributed by atoms with Gasteiger partial charge >= 0.3 is 0 Å². The fourth-order valence-corrected chi connectivity index (χ4v) is 3.95. The lowest BCUT2D eigenvalue weighted by molar-refractivity contribution is 0.283. The van der Waals surface area contributed by atoms with Crippen molar-refractivity contribution in [1.82, 2.24) is 0 Å². The van der Waals surface area contributed by atoms with Crippen LogP contribution in [0, 0.1) is 23.2 Å². The molecule has 1 nitrogen and oxygen atoms in total. The molecule has 62 valence electrons. The van der Waals surface area contributed by atoms with E-state index in [-0.39, 0.29) is 0 Å². The minimum atomic E-state index is 0.803. The Morgan fingerprint density at radius 3 is 2.64 bits per heavy atom. The monoisotopic (exact) mass is 151 g/mol. The maximum Gasteiger partial charge on any atom is -0.00432 e. The quantitative estimate of drug-likeness (QED) is 0.607. The van der Waals surface area contributed by atoms with E-state index in [1.807, 2.05) is 0 Å². The van der Waals surface area contributed by atoms with Gasteiger partial charge in [0.25, 0.3) is 0 Å². The summed E-state index contributed by atoms with van der Waals surface area (Å²) in [5, 5.41) is 0. The first-order chi connectivity index (χ1) is 5.35. The SMILES string of the molecule is NCC1CC12CC1CCC2C1. The van der Waals surface area contributed by atoms with Crippen LogP contribution in [0.15, 0.2) is 0 Å². The summed E-state index contributed by atoms with van der Waals surface area (Å²) in [6.07, 6.45) is 7.63. The molecule has 2 N–H and O–H groups in total. The van der Waals surface area contributed by atoms with Gasteiger partial charge in [0.15, 0.2) is 0 Å². The lowest BCUT2D eigenvalue weighted by Gasteiger charge is -2.21. The van der Waals surface area contributed by atoms with Gasteiger partial charge in [0, 0.05) is 0 Å². The maximum absolute atomic E-state index is 5.72. The molecular formula is C10H17N. The molecular weight excluding hydrogens is 134 g/mol. The highest BCUT2D eigenvalue weighted by atomic mass is 14.7. The van der Waals surface area contributed by atoms with Gasteiger partial charge in [0.05, 0.1) is 0 Å². The van der Waals surface area contributed by atoms with Crippen LogP contribution in [-0.4, -0.2) is 6.54 Å².